The van der Waals surface area contributed by atoms with Gasteiger partial charge in [0.2, 0.25) is 0 Å². The molecule has 0 aromatic heterocycles. The van der Waals surface area contributed by atoms with Crippen molar-refractivity contribution in [3.8, 4) is 5.75 Å². The summed E-state index contributed by atoms with van der Waals surface area (Å²) < 4.78 is 5.57. The van der Waals surface area contributed by atoms with E-state index in [1.807, 2.05) is 18.2 Å². The zero-order valence-electron chi connectivity index (χ0n) is 12.1. The summed E-state index contributed by atoms with van der Waals surface area (Å²) >= 11 is 0. The second-order valence-electron chi connectivity index (χ2n) is 6.35. The molecule has 0 unspecified atom stereocenters. The van der Waals surface area contributed by atoms with Gasteiger partial charge in [0, 0.05) is 12.1 Å². The first kappa shape index (κ1) is 15.0. The van der Waals surface area contributed by atoms with Crippen LogP contribution in [-0.4, -0.2) is 22.9 Å². The van der Waals surface area contributed by atoms with E-state index in [1.165, 1.54) is 5.56 Å². The molecule has 0 atom stereocenters. The molecule has 0 bridgehead atoms. The van der Waals surface area contributed by atoms with Gasteiger partial charge in [0.1, 0.15) is 12.4 Å². The van der Waals surface area contributed by atoms with Crippen molar-refractivity contribution in [1.82, 2.24) is 5.32 Å². The average Bonchev–Trinajstić information content (AvgIpc) is 2.22. The fourth-order valence-electron chi connectivity index (χ4n) is 1.37. The molecule has 0 saturated carbocycles. The van der Waals surface area contributed by atoms with Crippen LogP contribution >= 0.6 is 0 Å². The van der Waals surface area contributed by atoms with Crippen molar-refractivity contribution in [3.63, 3.8) is 0 Å². The van der Waals surface area contributed by atoms with E-state index in [9.17, 15) is 5.11 Å². The molecule has 1 aromatic rings. The molecule has 0 saturated heterocycles. The Balaban J connectivity index is 2.57. The van der Waals surface area contributed by atoms with E-state index in [0.29, 0.717) is 6.61 Å². The molecule has 0 fully saturated rings. The predicted molar refractivity (Wildman–Crippen MR) is 74.8 cm³/mol. The van der Waals surface area contributed by atoms with Crippen LogP contribution in [0.3, 0.4) is 0 Å². The van der Waals surface area contributed by atoms with Gasteiger partial charge in [-0.3, -0.25) is 0 Å². The molecule has 0 spiro atoms. The molecule has 3 nitrogen and oxygen atoms in total. The van der Waals surface area contributed by atoms with E-state index in [0.717, 1.165) is 12.3 Å². The predicted octanol–water partition coefficient (Wildman–Crippen LogP) is 2.72. The third-order valence-electron chi connectivity index (χ3n) is 2.31. The second-order valence-corrected chi connectivity index (χ2v) is 6.35. The van der Waals surface area contributed by atoms with E-state index in [2.05, 4.69) is 32.2 Å². The highest BCUT2D eigenvalue weighted by Crippen LogP contribution is 2.16. The van der Waals surface area contributed by atoms with Gasteiger partial charge in [0.15, 0.2) is 0 Å². The Hall–Kier alpha value is -1.06. The van der Waals surface area contributed by atoms with Crippen LogP contribution in [-0.2, 0) is 6.54 Å². The van der Waals surface area contributed by atoms with Crippen LogP contribution in [0.2, 0.25) is 0 Å². The van der Waals surface area contributed by atoms with Crippen molar-refractivity contribution in [2.45, 2.75) is 52.3 Å². The summed E-state index contributed by atoms with van der Waals surface area (Å²) in [5.41, 5.74) is 0.474. The summed E-state index contributed by atoms with van der Waals surface area (Å²) in [7, 11) is 0. The minimum absolute atomic E-state index is 0.101. The minimum Gasteiger partial charge on any atom is -0.491 e. The maximum atomic E-state index is 9.62. The Labute approximate surface area is 110 Å². The molecule has 0 aliphatic heterocycles. The molecule has 2 N–H and O–H groups in total. The number of hydrogen-bond acceptors (Lipinski definition) is 3. The number of ether oxygens (including phenoxy) is 1. The molecule has 0 amide bonds. The third-order valence-corrected chi connectivity index (χ3v) is 2.31. The monoisotopic (exact) mass is 251 g/mol. The van der Waals surface area contributed by atoms with Gasteiger partial charge in [0.05, 0.1) is 5.60 Å². The van der Waals surface area contributed by atoms with Crippen molar-refractivity contribution in [3.05, 3.63) is 29.8 Å². The van der Waals surface area contributed by atoms with Crippen molar-refractivity contribution in [2.75, 3.05) is 6.61 Å². The number of rotatable bonds is 5. The van der Waals surface area contributed by atoms with Crippen molar-refractivity contribution < 1.29 is 9.84 Å². The Morgan fingerprint density at radius 1 is 1.17 bits per heavy atom. The zero-order chi connectivity index (χ0) is 13.8. The summed E-state index contributed by atoms with van der Waals surface area (Å²) in [4.78, 5) is 0. The molecule has 102 valence electrons. The first-order valence-electron chi connectivity index (χ1n) is 6.35. The maximum Gasteiger partial charge on any atom is 0.119 e. The lowest BCUT2D eigenvalue weighted by Gasteiger charge is -2.21. The Morgan fingerprint density at radius 3 is 2.39 bits per heavy atom. The number of hydrogen-bond donors (Lipinski definition) is 2. The molecule has 0 heterocycles. The van der Waals surface area contributed by atoms with Crippen LogP contribution < -0.4 is 10.1 Å². The molecule has 0 aliphatic rings. The van der Waals surface area contributed by atoms with Crippen LogP contribution in [0.4, 0.5) is 0 Å². The summed E-state index contributed by atoms with van der Waals surface area (Å²) in [5, 5.41) is 13.1. The van der Waals surface area contributed by atoms with E-state index in [1.54, 1.807) is 13.8 Å². The Kier molecular flexibility index (Phi) is 4.77. The second kappa shape index (κ2) is 5.72. The van der Waals surface area contributed by atoms with Gasteiger partial charge in [-0.1, -0.05) is 12.1 Å². The Bertz CT molecular complexity index is 342. The van der Waals surface area contributed by atoms with E-state index in [-0.39, 0.29) is 5.54 Å². The van der Waals surface area contributed by atoms with Crippen LogP contribution in [0.25, 0.3) is 0 Å². The standard InChI is InChI=1S/C15H25NO2/c1-14(2,3)16-10-12-7-6-8-13(9-12)18-11-15(4,5)17/h6-9,16-17H,10-11H2,1-5H3. The van der Waals surface area contributed by atoms with Gasteiger partial charge < -0.3 is 15.2 Å². The summed E-state index contributed by atoms with van der Waals surface area (Å²) in [6, 6.07) is 7.95. The highest BCUT2D eigenvalue weighted by atomic mass is 16.5. The third kappa shape index (κ3) is 6.62. The molecule has 0 radical (unpaired) electrons. The van der Waals surface area contributed by atoms with Gasteiger partial charge in [-0.05, 0) is 52.3 Å². The lowest BCUT2D eigenvalue weighted by Crippen LogP contribution is -2.35. The largest absolute Gasteiger partial charge is 0.491 e. The summed E-state index contributed by atoms with van der Waals surface area (Å²) in [6.45, 7) is 11.0. The molecule has 1 aromatic carbocycles. The van der Waals surface area contributed by atoms with E-state index < -0.39 is 5.60 Å². The van der Waals surface area contributed by atoms with Crippen molar-refractivity contribution in [2.24, 2.45) is 0 Å². The van der Waals surface area contributed by atoms with Gasteiger partial charge in [-0.25, -0.2) is 0 Å². The van der Waals surface area contributed by atoms with Crippen LogP contribution in [0.15, 0.2) is 24.3 Å². The molecule has 18 heavy (non-hydrogen) atoms. The lowest BCUT2D eigenvalue weighted by molar-refractivity contribution is 0.0284. The van der Waals surface area contributed by atoms with Gasteiger partial charge >= 0.3 is 0 Å². The zero-order valence-corrected chi connectivity index (χ0v) is 12.1. The molecule has 0 aliphatic carbocycles. The molecule has 3 heteroatoms. The molecular formula is C15H25NO2. The van der Waals surface area contributed by atoms with Gasteiger partial charge in [0.25, 0.3) is 0 Å². The van der Waals surface area contributed by atoms with Gasteiger partial charge in [-0.2, -0.15) is 0 Å². The van der Waals surface area contributed by atoms with E-state index >= 15 is 0 Å². The van der Waals surface area contributed by atoms with E-state index in [4.69, 9.17) is 4.74 Å². The highest BCUT2D eigenvalue weighted by molar-refractivity contribution is 5.28. The number of nitrogens with one attached hydrogen (secondary N) is 1. The molecule has 1 rings (SSSR count). The fraction of sp³-hybridized carbons (Fsp3) is 0.600. The van der Waals surface area contributed by atoms with Crippen molar-refractivity contribution in [1.29, 1.82) is 0 Å². The quantitative estimate of drug-likeness (QED) is 0.845. The summed E-state index contributed by atoms with van der Waals surface area (Å²) in [6.07, 6.45) is 0. The van der Waals surface area contributed by atoms with Crippen LogP contribution in [0.5, 0.6) is 5.75 Å². The SMILES string of the molecule is CC(C)(O)COc1cccc(CNC(C)(C)C)c1. The van der Waals surface area contributed by atoms with Gasteiger partial charge in [-0.15, -0.1) is 0 Å². The average molecular weight is 251 g/mol. The smallest absolute Gasteiger partial charge is 0.119 e. The highest BCUT2D eigenvalue weighted by Gasteiger charge is 2.13. The maximum absolute atomic E-state index is 9.62. The number of aliphatic hydroxyl groups is 1. The van der Waals surface area contributed by atoms with Crippen LogP contribution in [0, 0.1) is 0 Å². The summed E-state index contributed by atoms with van der Waals surface area (Å²) in [5.74, 6) is 0.797. The lowest BCUT2D eigenvalue weighted by atomic mass is 10.1. The molecular weight excluding hydrogens is 226 g/mol. The number of benzene rings is 1. The van der Waals surface area contributed by atoms with Crippen molar-refractivity contribution >= 4 is 0 Å². The normalized spacial score (nSPS) is 12.6. The first-order chi connectivity index (χ1) is 8.16. The fourth-order valence-corrected chi connectivity index (χ4v) is 1.37. The van der Waals surface area contributed by atoms with Crippen LogP contribution in [0.1, 0.15) is 40.2 Å². The Morgan fingerprint density at radius 2 is 1.83 bits per heavy atom. The topological polar surface area (TPSA) is 41.5 Å². The first-order valence-corrected chi connectivity index (χ1v) is 6.35. The minimum atomic E-state index is -0.806.